The highest BCUT2D eigenvalue weighted by molar-refractivity contribution is 5.97. The Balaban J connectivity index is 1.71. The van der Waals surface area contributed by atoms with Crippen molar-refractivity contribution in [1.29, 1.82) is 0 Å². The van der Waals surface area contributed by atoms with E-state index in [2.05, 4.69) is 15.0 Å². The van der Waals surface area contributed by atoms with Crippen LogP contribution in [0.4, 0.5) is 8.78 Å². The van der Waals surface area contributed by atoms with Gasteiger partial charge in [0.05, 0.1) is 5.52 Å². The lowest BCUT2D eigenvalue weighted by Gasteiger charge is -2.17. The Hall–Kier alpha value is -3.03. The summed E-state index contributed by atoms with van der Waals surface area (Å²) in [5, 5.41) is 8.11. The Kier molecular flexibility index (Phi) is 5.11. The molecule has 1 aromatic heterocycles. The number of fused-ring (bicyclic) bond motifs is 1. The number of alkyl halides is 2. The first-order valence-electron chi connectivity index (χ1n) is 8.10. The van der Waals surface area contributed by atoms with E-state index in [1.165, 1.54) is 12.1 Å². The van der Waals surface area contributed by atoms with Gasteiger partial charge in [0.2, 0.25) is 0 Å². The van der Waals surface area contributed by atoms with Crippen molar-refractivity contribution in [2.45, 2.75) is 26.6 Å². The molecular formula is C18H18F2N4O2. The van der Waals surface area contributed by atoms with Crippen LogP contribution >= 0.6 is 0 Å². The second-order valence-electron chi connectivity index (χ2n) is 5.79. The number of amides is 1. The van der Waals surface area contributed by atoms with Gasteiger partial charge in [0.25, 0.3) is 5.91 Å². The third-order valence-corrected chi connectivity index (χ3v) is 3.98. The largest absolute Gasteiger partial charge is 0.435 e. The van der Waals surface area contributed by atoms with Crippen LogP contribution in [0, 0.1) is 0 Å². The third-order valence-electron chi connectivity index (χ3n) is 3.98. The molecule has 0 saturated heterocycles. The van der Waals surface area contributed by atoms with Gasteiger partial charge in [0.15, 0.2) is 0 Å². The van der Waals surface area contributed by atoms with E-state index in [0.29, 0.717) is 24.2 Å². The zero-order valence-corrected chi connectivity index (χ0v) is 14.4. The molecule has 6 nitrogen and oxygen atoms in total. The van der Waals surface area contributed by atoms with Crippen LogP contribution in [-0.2, 0) is 13.1 Å². The topological polar surface area (TPSA) is 60.2 Å². The fraction of sp³-hybridized carbons (Fsp3) is 0.278. The summed E-state index contributed by atoms with van der Waals surface area (Å²) < 4.78 is 30.4. The minimum Gasteiger partial charge on any atom is -0.435 e. The predicted octanol–water partition coefficient (Wildman–Crippen LogP) is 3.32. The smallest absolute Gasteiger partial charge is 0.387 e. The van der Waals surface area contributed by atoms with Crippen molar-refractivity contribution in [2.24, 2.45) is 0 Å². The quantitative estimate of drug-likeness (QED) is 0.677. The van der Waals surface area contributed by atoms with E-state index in [1.54, 1.807) is 40.9 Å². The summed E-state index contributed by atoms with van der Waals surface area (Å²) >= 11 is 0. The van der Waals surface area contributed by atoms with Crippen LogP contribution in [0.15, 0.2) is 42.5 Å². The van der Waals surface area contributed by atoms with Crippen molar-refractivity contribution >= 4 is 16.9 Å². The van der Waals surface area contributed by atoms with Gasteiger partial charge in [-0.25, -0.2) is 4.68 Å². The van der Waals surface area contributed by atoms with Gasteiger partial charge in [0.1, 0.15) is 11.3 Å². The summed E-state index contributed by atoms with van der Waals surface area (Å²) in [5.41, 5.74) is 2.86. The van der Waals surface area contributed by atoms with E-state index < -0.39 is 6.61 Å². The number of ether oxygens (including phenoxy) is 1. The van der Waals surface area contributed by atoms with Crippen molar-refractivity contribution in [1.82, 2.24) is 19.9 Å². The molecule has 0 saturated carbocycles. The predicted molar refractivity (Wildman–Crippen MR) is 92.1 cm³/mol. The molecule has 1 amide bonds. The van der Waals surface area contributed by atoms with Gasteiger partial charge in [-0.15, -0.1) is 5.10 Å². The molecule has 0 aliphatic heterocycles. The number of hydrogen-bond acceptors (Lipinski definition) is 4. The van der Waals surface area contributed by atoms with E-state index in [-0.39, 0.29) is 11.7 Å². The Labute approximate surface area is 149 Å². The highest BCUT2D eigenvalue weighted by Crippen LogP contribution is 2.18. The molecule has 8 heteroatoms. The molecule has 0 aliphatic carbocycles. The van der Waals surface area contributed by atoms with Gasteiger partial charge in [0, 0.05) is 25.7 Å². The first-order chi connectivity index (χ1) is 12.5. The van der Waals surface area contributed by atoms with E-state index in [1.807, 2.05) is 13.0 Å². The Morgan fingerprint density at radius 2 is 1.96 bits per heavy atom. The van der Waals surface area contributed by atoms with Gasteiger partial charge in [-0.3, -0.25) is 4.79 Å². The third kappa shape index (κ3) is 3.79. The molecule has 0 unspecified atom stereocenters. The van der Waals surface area contributed by atoms with Crippen LogP contribution in [0.2, 0.25) is 0 Å². The van der Waals surface area contributed by atoms with Gasteiger partial charge in [-0.2, -0.15) is 8.78 Å². The van der Waals surface area contributed by atoms with E-state index in [4.69, 9.17) is 0 Å². The molecule has 3 aromatic rings. The van der Waals surface area contributed by atoms with Crippen LogP contribution in [-0.4, -0.2) is 39.5 Å². The van der Waals surface area contributed by atoms with Crippen molar-refractivity contribution < 1.29 is 18.3 Å². The minimum atomic E-state index is -2.86. The highest BCUT2D eigenvalue weighted by atomic mass is 19.3. The number of carbonyl (C=O) groups excluding carboxylic acids is 1. The summed E-state index contributed by atoms with van der Waals surface area (Å²) in [7, 11) is 1.68. The molecular weight excluding hydrogens is 342 g/mol. The van der Waals surface area contributed by atoms with Gasteiger partial charge in [-0.05, 0) is 42.8 Å². The van der Waals surface area contributed by atoms with Gasteiger partial charge >= 0.3 is 6.61 Å². The molecule has 26 heavy (non-hydrogen) atoms. The fourth-order valence-corrected chi connectivity index (χ4v) is 2.68. The van der Waals surface area contributed by atoms with E-state index in [0.717, 1.165) is 11.1 Å². The maximum atomic E-state index is 12.6. The zero-order valence-electron chi connectivity index (χ0n) is 14.4. The summed E-state index contributed by atoms with van der Waals surface area (Å²) in [4.78, 5) is 14.2. The maximum Gasteiger partial charge on any atom is 0.387 e. The van der Waals surface area contributed by atoms with Gasteiger partial charge in [-0.1, -0.05) is 17.3 Å². The van der Waals surface area contributed by atoms with Crippen LogP contribution < -0.4 is 4.74 Å². The first-order valence-corrected chi connectivity index (χ1v) is 8.10. The average Bonchev–Trinajstić information content (AvgIpc) is 3.04. The van der Waals surface area contributed by atoms with Crippen LogP contribution in [0.5, 0.6) is 5.75 Å². The summed E-state index contributed by atoms with van der Waals surface area (Å²) in [6, 6.07) is 11.5. The molecule has 3 rings (SSSR count). The molecule has 0 fully saturated rings. The van der Waals surface area contributed by atoms with Crippen LogP contribution in [0.3, 0.4) is 0 Å². The molecule has 0 aliphatic rings. The van der Waals surface area contributed by atoms with Crippen molar-refractivity contribution in [3.63, 3.8) is 0 Å². The molecule has 1 heterocycles. The number of carbonyl (C=O) groups is 1. The zero-order chi connectivity index (χ0) is 18.7. The van der Waals surface area contributed by atoms with E-state index in [9.17, 15) is 13.6 Å². The Morgan fingerprint density at radius 3 is 2.62 bits per heavy atom. The standard InChI is InChI=1S/C18H18F2N4O2/c1-3-24-16-9-6-13(10-15(16)21-22-24)17(25)23(2)11-12-4-7-14(8-5-12)26-18(19)20/h4-10,18H,3,11H2,1-2H3. The van der Waals surface area contributed by atoms with Crippen molar-refractivity contribution in [2.75, 3.05) is 7.05 Å². The number of hydrogen-bond donors (Lipinski definition) is 0. The highest BCUT2D eigenvalue weighted by Gasteiger charge is 2.14. The number of aromatic nitrogens is 3. The Morgan fingerprint density at radius 1 is 1.23 bits per heavy atom. The summed E-state index contributed by atoms with van der Waals surface area (Å²) in [6.07, 6.45) is 0. The summed E-state index contributed by atoms with van der Waals surface area (Å²) in [6.45, 7) is 0.159. The minimum absolute atomic E-state index is 0.0854. The molecule has 2 aromatic carbocycles. The lowest BCUT2D eigenvalue weighted by molar-refractivity contribution is -0.0498. The number of nitrogens with zero attached hydrogens (tertiary/aromatic N) is 4. The van der Waals surface area contributed by atoms with Crippen molar-refractivity contribution in [3.05, 3.63) is 53.6 Å². The molecule has 136 valence electrons. The van der Waals surface area contributed by atoms with Crippen molar-refractivity contribution in [3.8, 4) is 5.75 Å². The van der Waals surface area contributed by atoms with E-state index >= 15 is 0 Å². The fourth-order valence-electron chi connectivity index (χ4n) is 2.68. The maximum absolute atomic E-state index is 12.6. The lowest BCUT2D eigenvalue weighted by Crippen LogP contribution is -2.26. The molecule has 0 N–H and O–H groups in total. The molecule has 0 atom stereocenters. The average molecular weight is 360 g/mol. The second-order valence-corrected chi connectivity index (χ2v) is 5.79. The summed E-state index contributed by atoms with van der Waals surface area (Å²) in [5.74, 6) is -0.0759. The second kappa shape index (κ2) is 7.47. The van der Waals surface area contributed by atoms with Gasteiger partial charge < -0.3 is 9.64 Å². The molecule has 0 radical (unpaired) electrons. The normalized spacial score (nSPS) is 11.1. The number of benzene rings is 2. The number of aryl methyl sites for hydroxylation is 1. The Bertz CT molecular complexity index is 909. The number of halogens is 2. The van der Waals surface area contributed by atoms with Crippen LogP contribution in [0.1, 0.15) is 22.8 Å². The molecule has 0 spiro atoms. The SMILES string of the molecule is CCn1nnc2cc(C(=O)N(C)Cc3ccc(OC(F)F)cc3)ccc21. The lowest BCUT2D eigenvalue weighted by atomic mass is 10.1. The number of rotatable bonds is 6. The monoisotopic (exact) mass is 360 g/mol. The first kappa shape index (κ1) is 17.8. The molecule has 0 bridgehead atoms. The van der Waals surface area contributed by atoms with Crippen LogP contribution in [0.25, 0.3) is 11.0 Å².